The highest BCUT2D eigenvalue weighted by molar-refractivity contribution is 7.91. The van der Waals surface area contributed by atoms with Gasteiger partial charge >= 0.3 is 6.18 Å². The summed E-state index contributed by atoms with van der Waals surface area (Å²) in [5.41, 5.74) is 0. The maximum Gasteiger partial charge on any atom is 0.430 e. The minimum absolute atomic E-state index is 0.242. The molecular weight excluding hydrogens is 191 g/mol. The van der Waals surface area contributed by atoms with Gasteiger partial charge < -0.3 is 4.55 Å². The van der Waals surface area contributed by atoms with Gasteiger partial charge in [-0.05, 0) is 20.8 Å². The normalized spacial score (nSPS) is 16.9. The van der Waals surface area contributed by atoms with Crippen LogP contribution >= 0.6 is 0 Å². The van der Waals surface area contributed by atoms with Gasteiger partial charge in [-0.3, -0.25) is 0 Å². The lowest BCUT2D eigenvalue weighted by Gasteiger charge is -2.17. The summed E-state index contributed by atoms with van der Waals surface area (Å²) in [5, 5.41) is 0. The molecule has 0 saturated heterocycles. The smallest absolute Gasteiger partial charge is 0.430 e. The monoisotopic (exact) mass is 201 g/mol. The first-order valence-electron chi connectivity index (χ1n) is 3.17. The zero-order chi connectivity index (χ0) is 9.99. The fraction of sp³-hybridized carbons (Fsp3) is 0.833. The van der Waals surface area contributed by atoms with Crippen molar-refractivity contribution in [3.05, 3.63) is 0 Å². The van der Waals surface area contributed by atoms with E-state index in [1.54, 1.807) is 20.8 Å². The number of halogens is 3. The van der Waals surface area contributed by atoms with Crippen LogP contribution in [0.25, 0.3) is 0 Å². The Morgan fingerprint density at radius 1 is 1.25 bits per heavy atom. The fourth-order valence-electron chi connectivity index (χ4n) is 0.266. The SMILES string of the molecule is CC(C)(C)[S@+]([O-])N=CC(F)(F)F. The molecule has 72 valence electrons. The van der Waals surface area contributed by atoms with Crippen molar-refractivity contribution >= 4 is 17.6 Å². The van der Waals surface area contributed by atoms with Gasteiger partial charge in [-0.15, -0.1) is 0 Å². The lowest BCUT2D eigenvalue weighted by Crippen LogP contribution is -2.27. The van der Waals surface area contributed by atoms with Crippen LogP contribution in [0.3, 0.4) is 0 Å². The Morgan fingerprint density at radius 3 is 1.92 bits per heavy atom. The van der Waals surface area contributed by atoms with Crippen molar-refractivity contribution in [3.63, 3.8) is 0 Å². The lowest BCUT2D eigenvalue weighted by atomic mass is 10.3. The molecule has 0 aliphatic heterocycles. The van der Waals surface area contributed by atoms with E-state index in [1.165, 1.54) is 0 Å². The minimum atomic E-state index is -4.49. The maximum absolute atomic E-state index is 11.5. The molecule has 0 rings (SSSR count). The van der Waals surface area contributed by atoms with E-state index in [0.717, 1.165) is 0 Å². The summed E-state index contributed by atoms with van der Waals surface area (Å²) in [5.74, 6) is 0. The standard InChI is InChI=1S/C6H10F3NOS/c1-5(2,3)12(11)10-4-6(7,8)9/h4H,1-3H3/t12-/m0/s1. The number of rotatable bonds is 1. The van der Waals surface area contributed by atoms with Crippen LogP contribution in [-0.2, 0) is 11.4 Å². The molecule has 0 bridgehead atoms. The van der Waals surface area contributed by atoms with Gasteiger partial charge in [0.15, 0.2) is 6.21 Å². The third kappa shape index (κ3) is 5.42. The van der Waals surface area contributed by atoms with Crippen LogP contribution < -0.4 is 0 Å². The van der Waals surface area contributed by atoms with Crippen molar-refractivity contribution < 1.29 is 17.7 Å². The predicted molar refractivity (Wildman–Crippen MR) is 42.4 cm³/mol. The number of hydrogen-bond donors (Lipinski definition) is 0. The molecule has 12 heavy (non-hydrogen) atoms. The fourth-order valence-corrected chi connectivity index (χ4v) is 0.797. The maximum atomic E-state index is 11.5. The molecule has 6 heteroatoms. The first-order chi connectivity index (χ1) is 5.13. The van der Waals surface area contributed by atoms with Crippen LogP contribution in [-0.4, -0.2) is 21.7 Å². The second-order valence-electron chi connectivity index (χ2n) is 3.14. The third-order valence-electron chi connectivity index (χ3n) is 0.819. The summed E-state index contributed by atoms with van der Waals surface area (Å²) in [7, 11) is 0. The quantitative estimate of drug-likeness (QED) is 0.472. The van der Waals surface area contributed by atoms with Gasteiger partial charge in [0, 0.05) is 0 Å². The van der Waals surface area contributed by atoms with Crippen molar-refractivity contribution in [1.82, 2.24) is 0 Å². The Bertz CT molecular complexity index is 173. The van der Waals surface area contributed by atoms with E-state index in [9.17, 15) is 17.7 Å². The van der Waals surface area contributed by atoms with Crippen molar-refractivity contribution in [2.45, 2.75) is 31.7 Å². The summed E-state index contributed by atoms with van der Waals surface area (Å²) < 4.78 is 47.6. The second kappa shape index (κ2) is 3.66. The van der Waals surface area contributed by atoms with E-state index in [-0.39, 0.29) is 6.21 Å². The summed E-state index contributed by atoms with van der Waals surface area (Å²) in [6.07, 6.45) is -4.73. The van der Waals surface area contributed by atoms with Crippen LogP contribution in [0.15, 0.2) is 4.40 Å². The Morgan fingerprint density at radius 2 is 1.67 bits per heavy atom. The molecule has 0 aromatic heterocycles. The van der Waals surface area contributed by atoms with Crippen molar-refractivity contribution in [2.75, 3.05) is 0 Å². The van der Waals surface area contributed by atoms with Gasteiger partial charge in [-0.1, -0.05) is 4.40 Å². The van der Waals surface area contributed by atoms with E-state index in [0.29, 0.717) is 0 Å². The molecule has 1 atom stereocenters. The highest BCUT2D eigenvalue weighted by atomic mass is 32.2. The number of alkyl halides is 3. The molecule has 0 N–H and O–H groups in total. The Hall–Kier alpha value is -0.230. The van der Waals surface area contributed by atoms with Crippen LogP contribution in [0.5, 0.6) is 0 Å². The topological polar surface area (TPSA) is 35.4 Å². The first kappa shape index (κ1) is 11.8. The summed E-state index contributed by atoms with van der Waals surface area (Å²) >= 11 is -1.83. The number of hydrogen-bond acceptors (Lipinski definition) is 2. The number of nitrogens with zero attached hydrogens (tertiary/aromatic N) is 1. The van der Waals surface area contributed by atoms with Gasteiger partial charge in [0.2, 0.25) is 0 Å². The summed E-state index contributed by atoms with van der Waals surface area (Å²) in [6.45, 7) is 4.66. The molecule has 0 aromatic carbocycles. The van der Waals surface area contributed by atoms with Gasteiger partial charge in [-0.25, -0.2) is 0 Å². The van der Waals surface area contributed by atoms with Gasteiger partial charge in [-0.2, -0.15) is 13.2 Å². The molecule has 0 fully saturated rings. The van der Waals surface area contributed by atoms with Crippen LogP contribution in [0, 0.1) is 0 Å². The van der Waals surface area contributed by atoms with E-state index < -0.39 is 22.3 Å². The average molecular weight is 201 g/mol. The van der Waals surface area contributed by atoms with E-state index in [1.807, 2.05) is 0 Å². The Kier molecular flexibility index (Phi) is 3.59. The summed E-state index contributed by atoms with van der Waals surface area (Å²) in [6, 6.07) is 0. The molecule has 0 amide bonds. The first-order valence-corrected chi connectivity index (χ1v) is 4.27. The van der Waals surface area contributed by atoms with Crippen molar-refractivity contribution in [2.24, 2.45) is 4.40 Å². The molecule has 2 nitrogen and oxygen atoms in total. The molecule has 0 unspecified atom stereocenters. The average Bonchev–Trinajstić information content (AvgIpc) is 1.78. The molecule has 0 radical (unpaired) electrons. The Balaban J connectivity index is 4.19. The molecule has 0 aliphatic rings. The minimum Gasteiger partial charge on any atom is -0.591 e. The van der Waals surface area contributed by atoms with E-state index in [2.05, 4.69) is 4.40 Å². The van der Waals surface area contributed by atoms with Crippen molar-refractivity contribution in [3.8, 4) is 0 Å². The van der Waals surface area contributed by atoms with E-state index >= 15 is 0 Å². The predicted octanol–water partition coefficient (Wildman–Crippen LogP) is 2.08. The Labute approximate surface area is 72.2 Å². The van der Waals surface area contributed by atoms with Crippen LogP contribution in [0.2, 0.25) is 0 Å². The summed E-state index contributed by atoms with van der Waals surface area (Å²) in [4.78, 5) is 0. The van der Waals surface area contributed by atoms with Crippen LogP contribution in [0.1, 0.15) is 20.8 Å². The van der Waals surface area contributed by atoms with Gasteiger partial charge in [0.05, 0.1) is 0 Å². The second-order valence-corrected chi connectivity index (χ2v) is 5.07. The zero-order valence-electron chi connectivity index (χ0n) is 6.97. The molecular formula is C6H10F3NOS. The molecule has 0 heterocycles. The zero-order valence-corrected chi connectivity index (χ0v) is 7.79. The molecule has 0 spiro atoms. The van der Waals surface area contributed by atoms with Gasteiger partial charge in [0.1, 0.15) is 16.1 Å². The molecule has 0 aromatic rings. The molecule has 0 saturated carbocycles. The van der Waals surface area contributed by atoms with Crippen molar-refractivity contribution in [1.29, 1.82) is 0 Å². The van der Waals surface area contributed by atoms with E-state index in [4.69, 9.17) is 0 Å². The highest BCUT2D eigenvalue weighted by Gasteiger charge is 2.30. The lowest BCUT2D eigenvalue weighted by molar-refractivity contribution is -0.0534. The third-order valence-corrected chi connectivity index (χ3v) is 2.16. The highest BCUT2D eigenvalue weighted by Crippen LogP contribution is 2.18. The largest absolute Gasteiger partial charge is 0.591 e. The molecule has 0 aliphatic carbocycles. The van der Waals surface area contributed by atoms with Gasteiger partial charge in [0.25, 0.3) is 0 Å². The van der Waals surface area contributed by atoms with Crippen LogP contribution in [0.4, 0.5) is 13.2 Å².